The SMILES string of the molecule is CC(C)(C)NC(=O)[C@H](Cc1ccccc1)N(Cc1cccc(Cl)c1)C(=O)CN(c1ccc(Cl)cc1Cl)S(=O)(=O)c1ccccc1. The van der Waals surface area contributed by atoms with Crippen LogP contribution >= 0.6 is 34.8 Å². The Morgan fingerprint density at radius 3 is 1.98 bits per heavy atom. The van der Waals surface area contributed by atoms with Crippen molar-refractivity contribution in [1.29, 1.82) is 0 Å². The lowest BCUT2D eigenvalue weighted by molar-refractivity contribution is -0.140. The minimum Gasteiger partial charge on any atom is -0.350 e. The fourth-order valence-corrected chi connectivity index (χ4v) is 6.98. The summed E-state index contributed by atoms with van der Waals surface area (Å²) in [5.74, 6) is -1.01. The van der Waals surface area contributed by atoms with E-state index in [1.54, 1.807) is 42.5 Å². The van der Waals surface area contributed by atoms with Crippen molar-refractivity contribution in [2.24, 2.45) is 0 Å². The van der Waals surface area contributed by atoms with Crippen LogP contribution in [0.3, 0.4) is 0 Å². The molecule has 0 radical (unpaired) electrons. The summed E-state index contributed by atoms with van der Waals surface area (Å²) in [7, 11) is -4.29. The van der Waals surface area contributed by atoms with Crippen molar-refractivity contribution in [3.8, 4) is 0 Å². The van der Waals surface area contributed by atoms with Gasteiger partial charge in [-0.2, -0.15) is 0 Å². The third-order valence-electron chi connectivity index (χ3n) is 6.80. The molecule has 0 bridgehead atoms. The standard InChI is InChI=1S/C34H34Cl3N3O4S/c1-34(2,3)38-33(42)31(20-24-11-6-4-7-12-24)39(22-25-13-10-14-26(35)19-25)32(41)23-40(30-18-17-27(36)21-29(30)37)45(43,44)28-15-8-5-9-16-28/h4-19,21,31H,20,22-23H2,1-3H3,(H,38,42)/t31-/m0/s1. The summed E-state index contributed by atoms with van der Waals surface area (Å²) in [5, 5.41) is 3.81. The van der Waals surface area contributed by atoms with Crippen molar-refractivity contribution in [3.63, 3.8) is 0 Å². The fourth-order valence-electron chi connectivity index (χ4n) is 4.76. The maximum atomic E-state index is 14.5. The van der Waals surface area contributed by atoms with E-state index in [1.807, 2.05) is 51.1 Å². The Kier molecular flexibility index (Phi) is 11.2. The molecule has 0 heterocycles. The molecule has 0 saturated heterocycles. The highest BCUT2D eigenvalue weighted by Gasteiger charge is 2.36. The molecule has 7 nitrogen and oxygen atoms in total. The van der Waals surface area contributed by atoms with Gasteiger partial charge in [-0.25, -0.2) is 8.42 Å². The Bertz CT molecular complexity index is 1750. The van der Waals surface area contributed by atoms with Gasteiger partial charge in [-0.05, 0) is 74.4 Å². The van der Waals surface area contributed by atoms with E-state index in [1.165, 1.54) is 35.2 Å². The lowest BCUT2D eigenvalue weighted by Gasteiger charge is -2.35. The van der Waals surface area contributed by atoms with Crippen LogP contribution < -0.4 is 9.62 Å². The number of carbonyl (C=O) groups is 2. The average Bonchev–Trinajstić information content (AvgIpc) is 2.98. The van der Waals surface area contributed by atoms with Crippen LogP contribution in [0.4, 0.5) is 5.69 Å². The van der Waals surface area contributed by atoms with E-state index >= 15 is 0 Å². The molecule has 45 heavy (non-hydrogen) atoms. The average molecular weight is 687 g/mol. The van der Waals surface area contributed by atoms with Gasteiger partial charge in [-0.3, -0.25) is 13.9 Å². The highest BCUT2D eigenvalue weighted by molar-refractivity contribution is 7.92. The van der Waals surface area contributed by atoms with Gasteiger partial charge in [0, 0.05) is 28.5 Å². The van der Waals surface area contributed by atoms with E-state index < -0.39 is 34.1 Å². The van der Waals surface area contributed by atoms with Crippen molar-refractivity contribution in [2.45, 2.75) is 50.2 Å². The third kappa shape index (κ3) is 9.23. The van der Waals surface area contributed by atoms with Crippen LogP contribution in [0, 0.1) is 0 Å². The molecule has 0 spiro atoms. The second-order valence-electron chi connectivity index (χ2n) is 11.5. The van der Waals surface area contributed by atoms with Crippen LogP contribution in [-0.2, 0) is 32.6 Å². The molecule has 0 aliphatic rings. The zero-order valence-electron chi connectivity index (χ0n) is 25.1. The summed E-state index contributed by atoms with van der Waals surface area (Å²) in [4.78, 5) is 29.8. The van der Waals surface area contributed by atoms with Gasteiger partial charge in [0.2, 0.25) is 11.8 Å². The summed E-state index contributed by atoms with van der Waals surface area (Å²) in [6, 6.07) is 27.4. The first-order valence-corrected chi connectivity index (χ1v) is 16.7. The van der Waals surface area contributed by atoms with Gasteiger partial charge in [-0.1, -0.05) is 95.5 Å². The molecule has 0 aliphatic heterocycles. The van der Waals surface area contributed by atoms with Gasteiger partial charge in [0.15, 0.2) is 0 Å². The number of nitrogens with zero attached hydrogens (tertiary/aromatic N) is 2. The van der Waals surface area contributed by atoms with Crippen LogP contribution in [0.5, 0.6) is 0 Å². The number of sulfonamides is 1. The summed E-state index contributed by atoms with van der Waals surface area (Å²) < 4.78 is 29.1. The number of halogens is 3. The summed E-state index contributed by atoms with van der Waals surface area (Å²) in [6.07, 6.45) is 0.183. The minimum absolute atomic E-state index is 0.0119. The Morgan fingerprint density at radius 1 is 0.778 bits per heavy atom. The second-order valence-corrected chi connectivity index (χ2v) is 14.7. The van der Waals surface area contributed by atoms with E-state index in [-0.39, 0.29) is 34.5 Å². The highest BCUT2D eigenvalue weighted by atomic mass is 35.5. The summed E-state index contributed by atoms with van der Waals surface area (Å²) >= 11 is 19.0. The molecule has 0 unspecified atom stereocenters. The molecule has 236 valence electrons. The van der Waals surface area contributed by atoms with Gasteiger partial charge in [0.05, 0.1) is 15.6 Å². The normalized spacial score (nSPS) is 12.3. The zero-order valence-corrected chi connectivity index (χ0v) is 28.2. The number of carbonyl (C=O) groups excluding carboxylic acids is 2. The number of nitrogens with one attached hydrogen (secondary N) is 1. The first kappa shape index (κ1) is 34.3. The summed E-state index contributed by atoms with van der Waals surface area (Å²) in [6.45, 7) is 4.90. The first-order valence-electron chi connectivity index (χ1n) is 14.2. The largest absolute Gasteiger partial charge is 0.350 e. The lowest BCUT2D eigenvalue weighted by Crippen LogP contribution is -2.56. The third-order valence-corrected chi connectivity index (χ3v) is 9.35. The van der Waals surface area contributed by atoms with Crippen molar-refractivity contribution in [3.05, 3.63) is 129 Å². The van der Waals surface area contributed by atoms with Crippen LogP contribution in [-0.4, -0.2) is 43.3 Å². The zero-order chi connectivity index (χ0) is 32.8. The Labute approximate surface area is 279 Å². The molecule has 0 fully saturated rings. The quantitative estimate of drug-likeness (QED) is 0.178. The van der Waals surface area contributed by atoms with E-state index in [2.05, 4.69) is 5.32 Å². The number of benzene rings is 4. The second kappa shape index (κ2) is 14.7. The van der Waals surface area contributed by atoms with Crippen molar-refractivity contribution in [2.75, 3.05) is 10.8 Å². The number of rotatable bonds is 11. The van der Waals surface area contributed by atoms with Crippen LogP contribution in [0.1, 0.15) is 31.9 Å². The van der Waals surface area contributed by atoms with Gasteiger partial charge in [0.25, 0.3) is 10.0 Å². The number of hydrogen-bond donors (Lipinski definition) is 1. The van der Waals surface area contributed by atoms with Crippen molar-refractivity contribution < 1.29 is 18.0 Å². The maximum Gasteiger partial charge on any atom is 0.264 e. The first-order chi connectivity index (χ1) is 21.2. The lowest BCUT2D eigenvalue weighted by atomic mass is 10.0. The van der Waals surface area contributed by atoms with Crippen LogP contribution in [0.2, 0.25) is 15.1 Å². The molecular weight excluding hydrogens is 653 g/mol. The smallest absolute Gasteiger partial charge is 0.264 e. The van der Waals surface area contributed by atoms with Crippen LogP contribution in [0.25, 0.3) is 0 Å². The van der Waals surface area contributed by atoms with E-state index in [9.17, 15) is 18.0 Å². The molecule has 0 aliphatic carbocycles. The van der Waals surface area contributed by atoms with Gasteiger partial charge in [0.1, 0.15) is 12.6 Å². The Hall–Kier alpha value is -3.56. The molecule has 4 aromatic rings. The van der Waals surface area contributed by atoms with Crippen molar-refractivity contribution in [1.82, 2.24) is 10.2 Å². The molecular formula is C34H34Cl3N3O4S. The van der Waals surface area contributed by atoms with Crippen molar-refractivity contribution >= 4 is 62.3 Å². The highest BCUT2D eigenvalue weighted by Crippen LogP contribution is 2.33. The fraction of sp³-hybridized carbons (Fsp3) is 0.235. The molecule has 0 aromatic heterocycles. The maximum absolute atomic E-state index is 14.5. The Morgan fingerprint density at radius 2 is 1.38 bits per heavy atom. The molecule has 2 amide bonds. The van der Waals surface area contributed by atoms with Gasteiger partial charge < -0.3 is 10.2 Å². The molecule has 4 aromatic carbocycles. The molecule has 0 saturated carbocycles. The molecule has 4 rings (SSSR count). The van der Waals surface area contributed by atoms with Gasteiger partial charge >= 0.3 is 0 Å². The van der Waals surface area contributed by atoms with E-state index in [0.717, 1.165) is 9.87 Å². The topological polar surface area (TPSA) is 86.8 Å². The van der Waals surface area contributed by atoms with Crippen LogP contribution in [0.15, 0.2) is 108 Å². The Balaban J connectivity index is 1.84. The van der Waals surface area contributed by atoms with E-state index in [4.69, 9.17) is 34.8 Å². The number of hydrogen-bond acceptors (Lipinski definition) is 4. The predicted octanol–water partition coefficient (Wildman–Crippen LogP) is 7.40. The predicted molar refractivity (Wildman–Crippen MR) is 181 cm³/mol. The minimum atomic E-state index is -4.29. The number of anilines is 1. The molecule has 1 atom stereocenters. The molecule has 1 N–H and O–H groups in total. The number of amides is 2. The summed E-state index contributed by atoms with van der Waals surface area (Å²) in [5.41, 5.74) is 0.959. The molecule has 11 heteroatoms. The van der Waals surface area contributed by atoms with E-state index in [0.29, 0.717) is 15.6 Å². The van der Waals surface area contributed by atoms with Gasteiger partial charge in [-0.15, -0.1) is 0 Å². The monoisotopic (exact) mass is 685 g/mol.